The van der Waals surface area contributed by atoms with Crippen LogP contribution < -0.4 is 10.6 Å². The van der Waals surface area contributed by atoms with Gasteiger partial charge in [0.15, 0.2) is 5.78 Å². The van der Waals surface area contributed by atoms with E-state index in [1.165, 1.54) is 0 Å². The molecule has 5 nitrogen and oxygen atoms in total. The fraction of sp³-hybridized carbons (Fsp3) is 0.0625. The van der Waals surface area contributed by atoms with Crippen molar-refractivity contribution in [2.45, 2.75) is 0 Å². The average Bonchev–Trinajstić information content (AvgIpc) is 2.54. The standard InChI is InChI=1S/C16H13N3O2/c17-10-12-6-8-14(9-7-12)19-16(21)18-11-15(20)13-4-2-1-3-5-13/h1-9H,11H2,(H2,18,19,21). The molecule has 2 aromatic carbocycles. The lowest BCUT2D eigenvalue weighted by molar-refractivity contribution is 0.0993. The van der Waals surface area contributed by atoms with Gasteiger partial charge in [0.05, 0.1) is 18.2 Å². The molecule has 104 valence electrons. The quantitative estimate of drug-likeness (QED) is 0.844. The summed E-state index contributed by atoms with van der Waals surface area (Å²) >= 11 is 0. The molecule has 0 unspecified atom stereocenters. The number of amides is 2. The highest BCUT2D eigenvalue weighted by Gasteiger charge is 2.07. The Morgan fingerprint density at radius 3 is 2.29 bits per heavy atom. The SMILES string of the molecule is N#Cc1ccc(NC(=O)NCC(=O)c2ccccc2)cc1. The Labute approximate surface area is 122 Å². The Morgan fingerprint density at radius 1 is 1.00 bits per heavy atom. The first-order chi connectivity index (χ1) is 10.2. The Balaban J connectivity index is 1.85. The van der Waals surface area contributed by atoms with Crippen molar-refractivity contribution in [1.29, 1.82) is 5.26 Å². The lowest BCUT2D eigenvalue weighted by atomic mass is 10.1. The van der Waals surface area contributed by atoms with Crippen molar-refractivity contribution < 1.29 is 9.59 Å². The molecule has 0 saturated heterocycles. The Kier molecular flexibility index (Phi) is 4.67. The number of nitrogens with zero attached hydrogens (tertiary/aromatic N) is 1. The van der Waals surface area contributed by atoms with Crippen LogP contribution in [0.1, 0.15) is 15.9 Å². The molecule has 0 bridgehead atoms. The predicted octanol–water partition coefficient (Wildman–Crippen LogP) is 2.56. The van der Waals surface area contributed by atoms with Gasteiger partial charge in [-0.2, -0.15) is 5.26 Å². The molecule has 0 heterocycles. The summed E-state index contributed by atoms with van der Waals surface area (Å²) in [6.07, 6.45) is 0. The fourth-order valence-electron chi connectivity index (χ4n) is 1.69. The molecule has 0 radical (unpaired) electrons. The van der Waals surface area contributed by atoms with E-state index in [0.29, 0.717) is 16.8 Å². The minimum Gasteiger partial charge on any atom is -0.330 e. The third kappa shape index (κ3) is 4.18. The second-order valence-corrected chi connectivity index (χ2v) is 4.29. The van der Waals surface area contributed by atoms with E-state index in [1.54, 1.807) is 48.5 Å². The van der Waals surface area contributed by atoms with Crippen molar-refractivity contribution in [3.63, 3.8) is 0 Å². The number of anilines is 1. The van der Waals surface area contributed by atoms with Gasteiger partial charge < -0.3 is 10.6 Å². The molecule has 0 fully saturated rings. The summed E-state index contributed by atoms with van der Waals surface area (Å²) in [5.41, 5.74) is 1.62. The third-order valence-corrected chi connectivity index (χ3v) is 2.78. The first kappa shape index (κ1) is 14.3. The van der Waals surface area contributed by atoms with E-state index in [-0.39, 0.29) is 12.3 Å². The highest BCUT2D eigenvalue weighted by Crippen LogP contribution is 2.08. The van der Waals surface area contributed by atoms with Gasteiger partial charge in [-0.1, -0.05) is 30.3 Å². The number of ketones is 1. The second-order valence-electron chi connectivity index (χ2n) is 4.29. The maximum absolute atomic E-state index is 11.8. The van der Waals surface area contributed by atoms with E-state index < -0.39 is 6.03 Å². The molecular weight excluding hydrogens is 266 g/mol. The predicted molar refractivity (Wildman–Crippen MR) is 79.0 cm³/mol. The second kappa shape index (κ2) is 6.87. The van der Waals surface area contributed by atoms with E-state index >= 15 is 0 Å². The zero-order valence-electron chi connectivity index (χ0n) is 11.2. The number of nitrogens with one attached hydrogen (secondary N) is 2. The summed E-state index contributed by atoms with van der Waals surface area (Å²) in [5, 5.41) is 13.8. The van der Waals surface area contributed by atoms with Gasteiger partial charge in [-0.3, -0.25) is 4.79 Å². The van der Waals surface area contributed by atoms with Crippen molar-refractivity contribution >= 4 is 17.5 Å². The molecule has 0 aliphatic rings. The number of carbonyl (C=O) groups excluding carboxylic acids is 2. The van der Waals surface area contributed by atoms with Crippen LogP contribution in [0.2, 0.25) is 0 Å². The van der Waals surface area contributed by atoms with Crippen LogP contribution >= 0.6 is 0 Å². The fourth-order valence-corrected chi connectivity index (χ4v) is 1.69. The van der Waals surface area contributed by atoms with Gasteiger partial charge in [0.25, 0.3) is 0 Å². The van der Waals surface area contributed by atoms with Crippen LogP contribution in [0.15, 0.2) is 54.6 Å². The summed E-state index contributed by atoms with van der Waals surface area (Å²) in [5.74, 6) is -0.162. The normalized spacial score (nSPS) is 9.48. The summed E-state index contributed by atoms with van der Waals surface area (Å²) in [7, 11) is 0. The maximum Gasteiger partial charge on any atom is 0.319 e. The van der Waals surface area contributed by atoms with E-state index in [9.17, 15) is 9.59 Å². The van der Waals surface area contributed by atoms with Crippen LogP contribution in [-0.4, -0.2) is 18.4 Å². The zero-order chi connectivity index (χ0) is 15.1. The van der Waals surface area contributed by atoms with Gasteiger partial charge in [-0.25, -0.2) is 4.79 Å². The lowest BCUT2D eigenvalue weighted by Crippen LogP contribution is -2.33. The van der Waals surface area contributed by atoms with Gasteiger partial charge in [0.2, 0.25) is 0 Å². The van der Waals surface area contributed by atoms with E-state index in [0.717, 1.165) is 0 Å². The van der Waals surface area contributed by atoms with Crippen molar-refractivity contribution in [1.82, 2.24) is 5.32 Å². The van der Waals surface area contributed by atoms with Crippen molar-refractivity contribution in [3.8, 4) is 6.07 Å². The van der Waals surface area contributed by atoms with Crippen LogP contribution in [0.25, 0.3) is 0 Å². The van der Waals surface area contributed by atoms with Gasteiger partial charge in [0.1, 0.15) is 0 Å². The average molecular weight is 279 g/mol. The molecule has 21 heavy (non-hydrogen) atoms. The molecule has 0 saturated carbocycles. The number of Topliss-reactive ketones (excluding diaryl/α,β-unsaturated/α-hetero) is 1. The minimum absolute atomic E-state index is 0.0773. The molecule has 0 aliphatic carbocycles. The number of carbonyl (C=O) groups is 2. The van der Waals surface area contributed by atoms with Crippen LogP contribution in [0.3, 0.4) is 0 Å². The minimum atomic E-state index is -0.469. The van der Waals surface area contributed by atoms with Gasteiger partial charge >= 0.3 is 6.03 Å². The van der Waals surface area contributed by atoms with E-state index in [4.69, 9.17) is 5.26 Å². The van der Waals surface area contributed by atoms with Crippen molar-refractivity contribution in [3.05, 3.63) is 65.7 Å². The molecule has 5 heteroatoms. The molecule has 0 aliphatic heterocycles. The number of benzene rings is 2. The molecule has 0 aromatic heterocycles. The van der Waals surface area contributed by atoms with Crippen molar-refractivity contribution in [2.75, 3.05) is 11.9 Å². The first-order valence-corrected chi connectivity index (χ1v) is 6.32. The van der Waals surface area contributed by atoms with Gasteiger partial charge in [-0.05, 0) is 24.3 Å². The highest BCUT2D eigenvalue weighted by atomic mass is 16.2. The van der Waals surface area contributed by atoms with Crippen LogP contribution in [0.5, 0.6) is 0 Å². The highest BCUT2D eigenvalue weighted by molar-refractivity contribution is 6.00. The summed E-state index contributed by atoms with van der Waals surface area (Å²) in [6, 6.07) is 16.7. The zero-order valence-corrected chi connectivity index (χ0v) is 11.2. The molecular formula is C16H13N3O2. The number of hydrogen-bond donors (Lipinski definition) is 2. The molecule has 2 amide bonds. The maximum atomic E-state index is 11.8. The van der Waals surface area contributed by atoms with Gasteiger partial charge in [-0.15, -0.1) is 0 Å². The van der Waals surface area contributed by atoms with Crippen molar-refractivity contribution in [2.24, 2.45) is 0 Å². The number of nitriles is 1. The lowest BCUT2D eigenvalue weighted by Gasteiger charge is -2.07. The molecule has 0 atom stereocenters. The smallest absolute Gasteiger partial charge is 0.319 e. The Hall–Kier alpha value is -3.13. The topological polar surface area (TPSA) is 82.0 Å². The Bertz CT molecular complexity index is 673. The number of rotatable bonds is 4. The molecule has 2 aromatic rings. The van der Waals surface area contributed by atoms with Crippen LogP contribution in [-0.2, 0) is 0 Å². The third-order valence-electron chi connectivity index (χ3n) is 2.78. The summed E-state index contributed by atoms with van der Waals surface area (Å²) < 4.78 is 0. The summed E-state index contributed by atoms with van der Waals surface area (Å²) in [6.45, 7) is -0.0773. The monoisotopic (exact) mass is 279 g/mol. The van der Waals surface area contributed by atoms with Gasteiger partial charge in [0, 0.05) is 11.3 Å². The van der Waals surface area contributed by atoms with Crippen LogP contribution in [0.4, 0.5) is 10.5 Å². The molecule has 2 N–H and O–H groups in total. The Morgan fingerprint density at radius 2 is 1.67 bits per heavy atom. The summed E-state index contributed by atoms with van der Waals surface area (Å²) in [4.78, 5) is 23.5. The van der Waals surface area contributed by atoms with Crippen LogP contribution in [0, 0.1) is 11.3 Å². The first-order valence-electron chi connectivity index (χ1n) is 6.32. The molecule has 0 spiro atoms. The van der Waals surface area contributed by atoms with E-state index in [2.05, 4.69) is 10.6 Å². The van der Waals surface area contributed by atoms with E-state index in [1.807, 2.05) is 12.1 Å². The number of hydrogen-bond acceptors (Lipinski definition) is 3. The number of urea groups is 1. The molecule has 2 rings (SSSR count). The largest absolute Gasteiger partial charge is 0.330 e.